The minimum Gasteiger partial charge on any atom is -0.184 e. The van der Waals surface area contributed by atoms with E-state index < -0.39 is 0 Å². The number of rotatable bonds is 2. The molecule has 0 bridgehead atoms. The molecule has 0 saturated heterocycles. The zero-order valence-electron chi connectivity index (χ0n) is 10.8. The summed E-state index contributed by atoms with van der Waals surface area (Å²) in [7, 11) is 0. The van der Waals surface area contributed by atoms with Crippen molar-refractivity contribution in [1.82, 2.24) is 15.0 Å². The fourth-order valence-corrected chi connectivity index (χ4v) is 2.68. The van der Waals surface area contributed by atoms with Crippen molar-refractivity contribution in [2.45, 2.75) is 46.6 Å². The Kier molecular flexibility index (Phi) is 2.42. The van der Waals surface area contributed by atoms with Crippen LogP contribution in [0.1, 0.15) is 45.0 Å². The lowest BCUT2D eigenvalue weighted by molar-refractivity contribution is 0.524. The largest absolute Gasteiger partial charge is 0.184 e. The van der Waals surface area contributed by atoms with Crippen LogP contribution in [0.2, 0.25) is 0 Å². The monoisotopic (exact) mass is 229 g/mol. The number of hydrogen-bond acceptors (Lipinski definition) is 2. The Labute approximate surface area is 102 Å². The third-order valence-electron chi connectivity index (χ3n) is 3.68. The zero-order valence-corrected chi connectivity index (χ0v) is 10.8. The fraction of sp³-hybridized carbons (Fsp3) is 0.571. The van der Waals surface area contributed by atoms with E-state index in [1.807, 2.05) is 4.80 Å². The summed E-state index contributed by atoms with van der Waals surface area (Å²) in [5.41, 5.74) is 6.70. The molecule has 3 rings (SSSR count). The van der Waals surface area contributed by atoms with Gasteiger partial charge in [-0.1, -0.05) is 24.1 Å². The lowest BCUT2D eigenvalue weighted by Crippen LogP contribution is -2.01. The predicted molar refractivity (Wildman–Crippen MR) is 68.5 cm³/mol. The number of fused-ring (bicyclic) bond motifs is 2. The smallest absolute Gasteiger partial charge is 0.111 e. The van der Waals surface area contributed by atoms with Crippen LogP contribution in [0.5, 0.6) is 0 Å². The Morgan fingerprint density at radius 3 is 2.94 bits per heavy atom. The maximum absolute atomic E-state index is 4.63. The van der Waals surface area contributed by atoms with Gasteiger partial charge in [-0.05, 0) is 32.3 Å². The van der Waals surface area contributed by atoms with E-state index in [1.54, 1.807) is 5.57 Å². The summed E-state index contributed by atoms with van der Waals surface area (Å²) in [6.07, 6.45) is 5.68. The quantitative estimate of drug-likeness (QED) is 0.730. The van der Waals surface area contributed by atoms with Crippen LogP contribution in [0, 0.1) is 5.92 Å². The molecular formula is C14H19N3. The summed E-state index contributed by atoms with van der Waals surface area (Å²) in [6, 6.07) is 0. The van der Waals surface area contributed by atoms with Gasteiger partial charge in [0.05, 0.1) is 12.2 Å². The van der Waals surface area contributed by atoms with Gasteiger partial charge in [0.2, 0.25) is 0 Å². The molecule has 90 valence electrons. The molecule has 3 heteroatoms. The normalized spacial score (nSPS) is 29.8. The van der Waals surface area contributed by atoms with E-state index in [4.69, 9.17) is 0 Å². The van der Waals surface area contributed by atoms with Crippen molar-refractivity contribution in [3.63, 3.8) is 0 Å². The third-order valence-corrected chi connectivity index (χ3v) is 3.68. The second-order valence-electron chi connectivity index (χ2n) is 5.23. The molecule has 2 aliphatic rings. The molecule has 0 unspecified atom stereocenters. The fourth-order valence-electron chi connectivity index (χ4n) is 2.68. The van der Waals surface area contributed by atoms with Crippen LogP contribution in [0.4, 0.5) is 0 Å². The highest BCUT2D eigenvalue weighted by molar-refractivity contribution is 5.65. The van der Waals surface area contributed by atoms with E-state index in [2.05, 4.69) is 37.0 Å². The second-order valence-corrected chi connectivity index (χ2v) is 5.23. The summed E-state index contributed by atoms with van der Waals surface area (Å²) in [5, 5.41) is 9.25. The zero-order chi connectivity index (χ0) is 12.0. The molecule has 1 fully saturated rings. The van der Waals surface area contributed by atoms with Crippen molar-refractivity contribution < 1.29 is 0 Å². The van der Waals surface area contributed by atoms with Gasteiger partial charge in [-0.25, -0.2) is 0 Å². The summed E-state index contributed by atoms with van der Waals surface area (Å²) in [4.78, 5) is 1.86. The Hall–Kier alpha value is -1.38. The lowest BCUT2D eigenvalue weighted by Gasteiger charge is -2.04. The molecule has 0 N–H and O–H groups in total. The minimum atomic E-state index is 0.694. The van der Waals surface area contributed by atoms with Crippen molar-refractivity contribution in [1.29, 1.82) is 0 Å². The Morgan fingerprint density at radius 2 is 2.18 bits per heavy atom. The molecule has 1 heterocycles. The first kappa shape index (κ1) is 10.8. The first-order chi connectivity index (χ1) is 8.19. The van der Waals surface area contributed by atoms with Crippen LogP contribution in [-0.2, 0) is 13.0 Å². The van der Waals surface area contributed by atoms with Gasteiger partial charge in [0.25, 0.3) is 0 Å². The van der Waals surface area contributed by atoms with Gasteiger partial charge < -0.3 is 0 Å². The van der Waals surface area contributed by atoms with Crippen LogP contribution < -0.4 is 0 Å². The molecule has 1 aromatic rings. The van der Waals surface area contributed by atoms with Crippen LogP contribution in [0.25, 0.3) is 5.57 Å². The number of hydrogen-bond donors (Lipinski definition) is 0. The molecule has 1 saturated carbocycles. The molecule has 1 aromatic heterocycles. The van der Waals surface area contributed by atoms with Gasteiger partial charge in [-0.3, -0.25) is 0 Å². The van der Waals surface area contributed by atoms with Gasteiger partial charge in [-0.15, -0.1) is 0 Å². The van der Waals surface area contributed by atoms with Crippen molar-refractivity contribution in [2.24, 2.45) is 5.92 Å². The highest BCUT2D eigenvalue weighted by atomic mass is 15.5. The Bertz CT molecular complexity index is 520. The van der Waals surface area contributed by atoms with E-state index in [0.717, 1.165) is 30.8 Å². The second kappa shape index (κ2) is 3.83. The molecule has 1 atom stereocenters. The number of aryl methyl sites for hydroxylation is 1. The van der Waals surface area contributed by atoms with E-state index in [1.165, 1.54) is 17.6 Å². The standard InChI is InChI=1S/C14H19N3/c1-4-5-17-15-13-7-9(2)12-8-11(12)6-10(3)14(13)16-17/h6,11H,4-5,7-8H2,1-3H3/b10-6-,12-9+/t11-/m0/s1. The van der Waals surface area contributed by atoms with Crippen LogP contribution in [-0.4, -0.2) is 15.0 Å². The number of aromatic nitrogens is 3. The summed E-state index contributed by atoms with van der Waals surface area (Å²) < 4.78 is 0. The van der Waals surface area contributed by atoms with Crippen molar-refractivity contribution in [3.05, 3.63) is 28.6 Å². The number of allylic oxidation sites excluding steroid dienone is 4. The van der Waals surface area contributed by atoms with Crippen LogP contribution in [0.15, 0.2) is 17.2 Å². The maximum atomic E-state index is 4.63. The average Bonchev–Trinajstić information content (AvgIpc) is 2.92. The minimum absolute atomic E-state index is 0.694. The first-order valence-corrected chi connectivity index (χ1v) is 6.50. The average molecular weight is 229 g/mol. The molecule has 17 heavy (non-hydrogen) atoms. The molecule has 0 aromatic carbocycles. The lowest BCUT2D eigenvalue weighted by atomic mass is 10.0. The van der Waals surface area contributed by atoms with Crippen molar-refractivity contribution in [2.75, 3.05) is 0 Å². The van der Waals surface area contributed by atoms with Gasteiger partial charge in [0.1, 0.15) is 5.69 Å². The topological polar surface area (TPSA) is 30.7 Å². The molecular weight excluding hydrogens is 210 g/mol. The van der Waals surface area contributed by atoms with E-state index in [0.29, 0.717) is 5.92 Å². The van der Waals surface area contributed by atoms with Crippen molar-refractivity contribution >= 4 is 5.57 Å². The van der Waals surface area contributed by atoms with Crippen LogP contribution >= 0.6 is 0 Å². The molecule has 2 aliphatic carbocycles. The van der Waals surface area contributed by atoms with E-state index in [-0.39, 0.29) is 0 Å². The highest BCUT2D eigenvalue weighted by Crippen LogP contribution is 2.45. The van der Waals surface area contributed by atoms with Gasteiger partial charge in [0.15, 0.2) is 0 Å². The van der Waals surface area contributed by atoms with Gasteiger partial charge >= 0.3 is 0 Å². The number of nitrogens with zero attached hydrogens (tertiary/aromatic N) is 3. The molecule has 3 nitrogen and oxygen atoms in total. The SMILES string of the molecule is CCCn1nc2c(n1)/C(C)=C\[C@H]1C/C1=C(/C)C2. The van der Waals surface area contributed by atoms with Crippen LogP contribution in [0.3, 0.4) is 0 Å². The highest BCUT2D eigenvalue weighted by Gasteiger charge is 2.32. The molecule has 0 aliphatic heterocycles. The summed E-state index contributed by atoms with van der Waals surface area (Å²) >= 11 is 0. The molecule has 0 amide bonds. The Balaban J connectivity index is 2.03. The predicted octanol–water partition coefficient (Wildman–Crippen LogP) is 2.98. The van der Waals surface area contributed by atoms with E-state index >= 15 is 0 Å². The van der Waals surface area contributed by atoms with Crippen molar-refractivity contribution in [3.8, 4) is 0 Å². The molecule has 0 radical (unpaired) electrons. The van der Waals surface area contributed by atoms with Gasteiger partial charge in [0, 0.05) is 12.3 Å². The summed E-state index contributed by atoms with van der Waals surface area (Å²) in [5.74, 6) is 0.694. The molecule has 0 spiro atoms. The first-order valence-electron chi connectivity index (χ1n) is 6.50. The summed E-state index contributed by atoms with van der Waals surface area (Å²) in [6.45, 7) is 7.48. The maximum Gasteiger partial charge on any atom is 0.111 e. The Morgan fingerprint density at radius 1 is 1.35 bits per heavy atom. The third kappa shape index (κ3) is 1.84. The van der Waals surface area contributed by atoms with E-state index in [9.17, 15) is 0 Å². The van der Waals surface area contributed by atoms with Gasteiger partial charge in [-0.2, -0.15) is 15.0 Å².